The maximum atomic E-state index is 12.1. The van der Waals surface area contributed by atoms with Gasteiger partial charge in [0.05, 0.1) is 0 Å². The van der Waals surface area contributed by atoms with Crippen molar-refractivity contribution in [3.05, 3.63) is 38.4 Å². The molecule has 3 rings (SSSR count). The normalized spacial score (nSPS) is 13.0. The lowest BCUT2D eigenvalue weighted by Crippen LogP contribution is -2.25. The highest BCUT2D eigenvalue weighted by Crippen LogP contribution is 2.32. The van der Waals surface area contributed by atoms with Crippen molar-refractivity contribution in [2.75, 3.05) is 18.5 Å². The Kier molecular flexibility index (Phi) is 3.89. The van der Waals surface area contributed by atoms with Gasteiger partial charge in [-0.25, -0.2) is 0 Å². The summed E-state index contributed by atoms with van der Waals surface area (Å²) in [5, 5.41) is 2.77. The molecule has 1 aliphatic heterocycles. The second kappa shape index (κ2) is 5.84. The van der Waals surface area contributed by atoms with Gasteiger partial charge in [-0.15, -0.1) is 0 Å². The Morgan fingerprint density at radius 2 is 2.00 bits per heavy atom. The third-order valence-corrected chi connectivity index (χ3v) is 4.50. The number of carbonyl (C=O) groups is 1. The first kappa shape index (κ1) is 14.6. The number of rotatable bonds is 3. The summed E-state index contributed by atoms with van der Waals surface area (Å²) in [7, 11) is 0. The third-order valence-electron chi connectivity index (χ3n) is 3.50. The van der Waals surface area contributed by atoms with Crippen LogP contribution in [0.15, 0.2) is 23.0 Å². The maximum Gasteiger partial charge on any atom is 0.308 e. The molecule has 0 atom stereocenters. The van der Waals surface area contributed by atoms with Crippen molar-refractivity contribution in [2.24, 2.45) is 0 Å². The van der Waals surface area contributed by atoms with E-state index >= 15 is 0 Å². The van der Waals surface area contributed by atoms with E-state index in [9.17, 15) is 9.59 Å². The number of anilines is 1. The highest BCUT2D eigenvalue weighted by Gasteiger charge is 2.14. The highest BCUT2D eigenvalue weighted by molar-refractivity contribution is 7.09. The predicted octanol–water partition coefficient (Wildman–Crippen LogP) is 1.94. The molecule has 0 saturated heterocycles. The van der Waals surface area contributed by atoms with Crippen molar-refractivity contribution in [3.8, 4) is 11.5 Å². The first-order valence-corrected chi connectivity index (χ1v) is 7.72. The van der Waals surface area contributed by atoms with E-state index in [0.717, 1.165) is 21.9 Å². The number of amides is 1. The molecular weight excluding hydrogens is 304 g/mol. The average molecular weight is 320 g/mol. The minimum Gasteiger partial charge on any atom is -0.486 e. The molecule has 1 amide bonds. The fourth-order valence-electron chi connectivity index (χ4n) is 2.24. The van der Waals surface area contributed by atoms with Crippen molar-refractivity contribution in [1.29, 1.82) is 0 Å². The molecule has 1 N–H and O–H groups in total. The van der Waals surface area contributed by atoms with Crippen molar-refractivity contribution in [1.82, 2.24) is 4.57 Å². The number of carbonyl (C=O) groups excluding carboxylic acids is 1. The molecule has 2 heterocycles. The Morgan fingerprint density at radius 3 is 2.68 bits per heavy atom. The largest absolute Gasteiger partial charge is 0.486 e. The van der Waals surface area contributed by atoms with E-state index in [2.05, 4.69) is 5.32 Å². The van der Waals surface area contributed by atoms with E-state index in [1.807, 2.05) is 13.8 Å². The molecule has 7 heteroatoms. The fraction of sp³-hybridized carbons (Fsp3) is 0.333. The van der Waals surface area contributed by atoms with Crippen LogP contribution in [0, 0.1) is 13.8 Å². The van der Waals surface area contributed by atoms with E-state index in [0.29, 0.717) is 30.4 Å². The van der Waals surface area contributed by atoms with Gasteiger partial charge in [-0.3, -0.25) is 14.2 Å². The number of aryl methyl sites for hydroxylation is 1. The minimum atomic E-state index is -0.250. The highest BCUT2D eigenvalue weighted by atomic mass is 32.1. The maximum absolute atomic E-state index is 12.1. The SMILES string of the molecule is Cc1sc(=O)n(CC(=O)Nc2ccc3c(c2)OCCO3)c1C. The molecule has 0 fully saturated rings. The zero-order valence-corrected chi connectivity index (χ0v) is 13.2. The van der Waals surface area contributed by atoms with Crippen LogP contribution < -0.4 is 19.7 Å². The van der Waals surface area contributed by atoms with Crippen LogP contribution in [-0.4, -0.2) is 23.7 Å². The summed E-state index contributed by atoms with van der Waals surface area (Å²) in [5.41, 5.74) is 1.44. The second-order valence-corrected chi connectivity index (χ2v) is 6.17. The van der Waals surface area contributed by atoms with E-state index < -0.39 is 0 Å². The Hall–Kier alpha value is -2.28. The third kappa shape index (κ3) is 2.85. The lowest BCUT2D eigenvalue weighted by Gasteiger charge is -2.19. The number of nitrogens with zero attached hydrogens (tertiary/aromatic N) is 1. The molecule has 2 aromatic rings. The number of nitrogens with one attached hydrogen (secondary N) is 1. The number of thiazole rings is 1. The second-order valence-electron chi connectivity index (χ2n) is 5.00. The van der Waals surface area contributed by atoms with Gasteiger partial charge < -0.3 is 14.8 Å². The van der Waals surface area contributed by atoms with Crippen molar-refractivity contribution < 1.29 is 14.3 Å². The lowest BCUT2D eigenvalue weighted by molar-refractivity contribution is -0.116. The van der Waals surface area contributed by atoms with E-state index in [4.69, 9.17) is 9.47 Å². The summed E-state index contributed by atoms with van der Waals surface area (Å²) in [6.07, 6.45) is 0. The summed E-state index contributed by atoms with van der Waals surface area (Å²) in [6, 6.07) is 5.23. The van der Waals surface area contributed by atoms with E-state index in [1.165, 1.54) is 4.57 Å². The van der Waals surface area contributed by atoms with Crippen LogP contribution in [0.1, 0.15) is 10.6 Å². The van der Waals surface area contributed by atoms with Crippen LogP contribution in [0.5, 0.6) is 11.5 Å². The molecule has 0 bridgehead atoms. The summed E-state index contributed by atoms with van der Waals surface area (Å²) < 4.78 is 12.4. The molecule has 0 saturated carbocycles. The molecule has 0 radical (unpaired) electrons. The summed E-state index contributed by atoms with van der Waals surface area (Å²) >= 11 is 1.15. The molecule has 1 aromatic carbocycles. The monoisotopic (exact) mass is 320 g/mol. The lowest BCUT2D eigenvalue weighted by atomic mass is 10.2. The Balaban J connectivity index is 1.73. The standard InChI is InChI=1S/C15H16N2O4S/c1-9-10(2)22-15(19)17(9)8-14(18)16-11-3-4-12-13(7-11)21-6-5-20-12/h3-4,7H,5-6,8H2,1-2H3,(H,16,18). The summed E-state index contributed by atoms with van der Waals surface area (Å²) in [4.78, 5) is 24.7. The summed E-state index contributed by atoms with van der Waals surface area (Å²) in [5.74, 6) is 1.04. The van der Waals surface area contributed by atoms with Gasteiger partial charge in [-0.2, -0.15) is 0 Å². The number of hydrogen-bond acceptors (Lipinski definition) is 5. The van der Waals surface area contributed by atoms with Crippen LogP contribution in [0.3, 0.4) is 0 Å². The molecule has 22 heavy (non-hydrogen) atoms. The number of ether oxygens (including phenoxy) is 2. The van der Waals surface area contributed by atoms with Gasteiger partial charge in [0.15, 0.2) is 11.5 Å². The number of fused-ring (bicyclic) bond motifs is 1. The number of aromatic nitrogens is 1. The number of hydrogen-bond donors (Lipinski definition) is 1. The molecule has 1 aliphatic rings. The van der Waals surface area contributed by atoms with Gasteiger partial charge in [0.2, 0.25) is 5.91 Å². The van der Waals surface area contributed by atoms with Crippen LogP contribution in [0.2, 0.25) is 0 Å². The topological polar surface area (TPSA) is 69.6 Å². The van der Waals surface area contributed by atoms with Crippen LogP contribution >= 0.6 is 11.3 Å². The smallest absolute Gasteiger partial charge is 0.308 e. The predicted molar refractivity (Wildman–Crippen MR) is 84.1 cm³/mol. The van der Waals surface area contributed by atoms with Gasteiger partial charge >= 0.3 is 4.87 Å². The molecule has 1 aromatic heterocycles. The van der Waals surface area contributed by atoms with Crippen molar-refractivity contribution in [2.45, 2.75) is 20.4 Å². The van der Waals surface area contributed by atoms with Gasteiger partial charge in [0.1, 0.15) is 19.8 Å². The number of benzene rings is 1. The van der Waals surface area contributed by atoms with E-state index in [-0.39, 0.29) is 17.3 Å². The molecule has 0 aliphatic carbocycles. The quantitative estimate of drug-likeness (QED) is 0.938. The van der Waals surface area contributed by atoms with Crippen LogP contribution in [0.25, 0.3) is 0 Å². The molecule has 0 spiro atoms. The zero-order chi connectivity index (χ0) is 15.7. The van der Waals surface area contributed by atoms with Crippen molar-refractivity contribution >= 4 is 22.9 Å². The zero-order valence-electron chi connectivity index (χ0n) is 12.3. The molecule has 116 valence electrons. The fourth-order valence-corrected chi connectivity index (χ4v) is 3.07. The van der Waals surface area contributed by atoms with Crippen LogP contribution in [-0.2, 0) is 11.3 Å². The van der Waals surface area contributed by atoms with Crippen LogP contribution in [0.4, 0.5) is 5.69 Å². The van der Waals surface area contributed by atoms with Gasteiger partial charge in [-0.05, 0) is 26.0 Å². The molecule has 6 nitrogen and oxygen atoms in total. The Bertz CT molecular complexity index is 778. The minimum absolute atomic E-state index is 0.00342. The average Bonchev–Trinajstić information content (AvgIpc) is 2.73. The van der Waals surface area contributed by atoms with E-state index in [1.54, 1.807) is 18.2 Å². The molecular formula is C15H16N2O4S. The molecule has 0 unspecified atom stereocenters. The summed E-state index contributed by atoms with van der Waals surface area (Å²) in [6.45, 7) is 4.73. The first-order valence-electron chi connectivity index (χ1n) is 6.91. The Morgan fingerprint density at radius 1 is 1.27 bits per heavy atom. The first-order chi connectivity index (χ1) is 10.5. The van der Waals surface area contributed by atoms with Gasteiger partial charge in [-0.1, -0.05) is 11.3 Å². The van der Waals surface area contributed by atoms with Crippen molar-refractivity contribution in [3.63, 3.8) is 0 Å². The van der Waals surface area contributed by atoms with Gasteiger partial charge in [0, 0.05) is 22.3 Å². The van der Waals surface area contributed by atoms with Gasteiger partial charge in [0.25, 0.3) is 0 Å². The Labute approximate surface area is 131 Å².